The van der Waals surface area contributed by atoms with Gasteiger partial charge in [-0.1, -0.05) is 53.7 Å². The molecule has 23 heavy (non-hydrogen) atoms. The molecule has 0 spiro atoms. The van der Waals surface area contributed by atoms with E-state index in [-0.39, 0.29) is 0 Å². The summed E-state index contributed by atoms with van der Waals surface area (Å²) in [6, 6.07) is 15.9. The Morgan fingerprint density at radius 1 is 1.04 bits per heavy atom. The van der Waals surface area contributed by atoms with E-state index in [9.17, 15) is 0 Å². The Bertz CT molecular complexity index is 1010. The van der Waals surface area contributed by atoms with Crippen LogP contribution in [0.2, 0.25) is 5.02 Å². The number of para-hydroxylation sites is 2. The predicted octanol–water partition coefficient (Wildman–Crippen LogP) is 4.53. The molecule has 0 amide bonds. The van der Waals surface area contributed by atoms with Gasteiger partial charge in [-0.2, -0.15) is 0 Å². The van der Waals surface area contributed by atoms with Crippen LogP contribution in [0.5, 0.6) is 0 Å². The highest BCUT2D eigenvalue weighted by molar-refractivity contribution is 7.98. The van der Waals surface area contributed by atoms with Crippen molar-refractivity contribution in [1.82, 2.24) is 19.6 Å². The first-order chi connectivity index (χ1) is 11.2. The number of halogens is 1. The zero-order valence-electron chi connectivity index (χ0n) is 12.4. The third kappa shape index (κ3) is 2.56. The summed E-state index contributed by atoms with van der Waals surface area (Å²) in [5.41, 5.74) is 3.83. The van der Waals surface area contributed by atoms with Crippen LogP contribution >= 0.6 is 23.4 Å². The first kappa shape index (κ1) is 14.5. The fraction of sp³-hybridized carbons (Fsp3) is 0.118. The molecule has 0 fully saturated rings. The van der Waals surface area contributed by atoms with Gasteiger partial charge in [0.15, 0.2) is 5.65 Å². The van der Waals surface area contributed by atoms with E-state index in [1.165, 1.54) is 0 Å². The van der Waals surface area contributed by atoms with E-state index < -0.39 is 0 Å². The van der Waals surface area contributed by atoms with Gasteiger partial charge in [0.25, 0.3) is 0 Å². The largest absolute Gasteiger partial charge is 0.275 e. The third-order valence-electron chi connectivity index (χ3n) is 3.68. The second-order valence-corrected chi connectivity index (χ2v) is 6.56. The monoisotopic (exact) mass is 340 g/mol. The second-order valence-electron chi connectivity index (χ2n) is 5.19. The average Bonchev–Trinajstić information content (AvgIpc) is 2.96. The Hall–Kier alpha value is -2.11. The maximum absolute atomic E-state index is 6.24. The van der Waals surface area contributed by atoms with Crippen molar-refractivity contribution in [2.24, 2.45) is 0 Å². The highest BCUT2D eigenvalue weighted by atomic mass is 35.5. The molecule has 0 N–H and O–H groups in total. The van der Waals surface area contributed by atoms with Crippen molar-refractivity contribution in [2.45, 2.75) is 17.7 Å². The maximum atomic E-state index is 6.24. The molecular weight excluding hydrogens is 328 g/mol. The molecule has 0 radical (unpaired) electrons. The van der Waals surface area contributed by atoms with Gasteiger partial charge in [-0.15, -0.1) is 10.2 Å². The summed E-state index contributed by atoms with van der Waals surface area (Å²) in [6.45, 7) is 1.95. The third-order valence-corrected chi connectivity index (χ3v) is 5.05. The summed E-state index contributed by atoms with van der Waals surface area (Å²) in [5.74, 6) is 1.60. The van der Waals surface area contributed by atoms with Crippen molar-refractivity contribution >= 4 is 40.0 Å². The van der Waals surface area contributed by atoms with E-state index in [2.05, 4.69) is 14.6 Å². The van der Waals surface area contributed by atoms with Crippen LogP contribution in [0, 0.1) is 6.92 Å². The van der Waals surface area contributed by atoms with E-state index in [0.717, 1.165) is 43.9 Å². The van der Waals surface area contributed by atoms with Gasteiger partial charge < -0.3 is 0 Å². The van der Waals surface area contributed by atoms with Gasteiger partial charge in [-0.25, -0.2) is 4.98 Å². The summed E-state index contributed by atoms with van der Waals surface area (Å²) >= 11 is 7.87. The fourth-order valence-electron chi connectivity index (χ4n) is 2.55. The molecule has 0 aliphatic heterocycles. The minimum Gasteiger partial charge on any atom is -0.275 e. The summed E-state index contributed by atoms with van der Waals surface area (Å²) < 4.78 is 2.05. The van der Waals surface area contributed by atoms with E-state index in [1.807, 2.05) is 55.5 Å². The Morgan fingerprint density at radius 2 is 1.83 bits per heavy atom. The molecule has 0 aliphatic carbocycles. The molecule has 0 saturated heterocycles. The number of fused-ring (bicyclic) bond motifs is 3. The first-order valence-corrected chi connectivity index (χ1v) is 8.57. The first-order valence-electron chi connectivity index (χ1n) is 7.21. The number of hydrogen-bond donors (Lipinski definition) is 0. The minimum atomic E-state index is 0.743. The molecule has 0 atom stereocenters. The second kappa shape index (κ2) is 5.83. The van der Waals surface area contributed by atoms with E-state index >= 15 is 0 Å². The molecule has 0 unspecified atom stereocenters. The summed E-state index contributed by atoms with van der Waals surface area (Å²) in [7, 11) is 0. The highest BCUT2D eigenvalue weighted by Crippen LogP contribution is 2.29. The summed E-state index contributed by atoms with van der Waals surface area (Å²) in [5, 5.41) is 10.1. The standard InChI is InChI=1S/C17H13ClN4S/c1-11-20-21-16-17(23-10-12-6-2-3-7-13(12)18)19-14-8-4-5-9-15(14)22(11)16/h2-9H,10H2,1H3. The molecular formula is C17H13ClN4S. The number of rotatable bonds is 3. The van der Waals surface area contributed by atoms with Crippen molar-refractivity contribution in [3.63, 3.8) is 0 Å². The molecule has 4 nitrogen and oxygen atoms in total. The topological polar surface area (TPSA) is 43.1 Å². The molecule has 6 heteroatoms. The minimum absolute atomic E-state index is 0.743. The molecule has 0 saturated carbocycles. The lowest BCUT2D eigenvalue weighted by Crippen LogP contribution is -1.96. The number of hydrogen-bond acceptors (Lipinski definition) is 4. The van der Waals surface area contributed by atoms with Gasteiger partial charge in [-0.3, -0.25) is 4.40 Å². The lowest BCUT2D eigenvalue weighted by Gasteiger charge is -2.08. The van der Waals surface area contributed by atoms with E-state index in [1.54, 1.807) is 11.8 Å². The quantitative estimate of drug-likeness (QED) is 0.514. The Balaban J connectivity index is 1.81. The number of thioether (sulfide) groups is 1. The van der Waals surface area contributed by atoms with E-state index in [4.69, 9.17) is 16.6 Å². The Morgan fingerprint density at radius 3 is 2.70 bits per heavy atom. The van der Waals surface area contributed by atoms with Crippen LogP contribution in [-0.2, 0) is 5.75 Å². The molecule has 114 valence electrons. The predicted molar refractivity (Wildman–Crippen MR) is 94.0 cm³/mol. The van der Waals surface area contributed by atoms with Crippen molar-refractivity contribution in [3.05, 3.63) is 64.9 Å². The van der Waals surface area contributed by atoms with Crippen LogP contribution < -0.4 is 0 Å². The van der Waals surface area contributed by atoms with Crippen molar-refractivity contribution < 1.29 is 0 Å². The van der Waals surface area contributed by atoms with Gasteiger partial charge >= 0.3 is 0 Å². The lowest BCUT2D eigenvalue weighted by molar-refractivity contribution is 1.02. The van der Waals surface area contributed by atoms with Crippen molar-refractivity contribution in [3.8, 4) is 0 Å². The Kier molecular flexibility index (Phi) is 3.67. The van der Waals surface area contributed by atoms with Crippen LogP contribution in [0.1, 0.15) is 11.4 Å². The van der Waals surface area contributed by atoms with Crippen LogP contribution in [-0.4, -0.2) is 19.6 Å². The molecule has 2 aromatic carbocycles. The molecule has 2 heterocycles. The number of nitrogens with zero attached hydrogens (tertiary/aromatic N) is 4. The molecule has 4 aromatic rings. The van der Waals surface area contributed by atoms with Crippen LogP contribution in [0.4, 0.5) is 0 Å². The zero-order chi connectivity index (χ0) is 15.8. The molecule has 0 bridgehead atoms. The average molecular weight is 341 g/mol. The van der Waals surface area contributed by atoms with Crippen LogP contribution in [0.3, 0.4) is 0 Å². The number of aryl methyl sites for hydroxylation is 1. The van der Waals surface area contributed by atoms with Crippen LogP contribution in [0.15, 0.2) is 53.6 Å². The zero-order valence-corrected chi connectivity index (χ0v) is 14.0. The van der Waals surface area contributed by atoms with E-state index in [0.29, 0.717) is 0 Å². The fourth-order valence-corrected chi connectivity index (χ4v) is 3.80. The van der Waals surface area contributed by atoms with Crippen LogP contribution in [0.25, 0.3) is 16.7 Å². The highest BCUT2D eigenvalue weighted by Gasteiger charge is 2.13. The smallest absolute Gasteiger partial charge is 0.193 e. The SMILES string of the molecule is Cc1nnc2c(SCc3ccccc3Cl)nc3ccccc3n12. The van der Waals surface area contributed by atoms with Gasteiger partial charge in [0.2, 0.25) is 0 Å². The Labute approximate surface area is 142 Å². The molecule has 0 aliphatic rings. The maximum Gasteiger partial charge on any atom is 0.193 e. The van der Waals surface area contributed by atoms with Gasteiger partial charge in [0, 0.05) is 10.8 Å². The van der Waals surface area contributed by atoms with Crippen molar-refractivity contribution in [1.29, 1.82) is 0 Å². The summed E-state index contributed by atoms with van der Waals surface area (Å²) in [4.78, 5) is 4.76. The van der Waals surface area contributed by atoms with Gasteiger partial charge in [-0.05, 0) is 30.7 Å². The lowest BCUT2D eigenvalue weighted by atomic mass is 10.2. The van der Waals surface area contributed by atoms with Gasteiger partial charge in [0.1, 0.15) is 10.9 Å². The molecule has 4 rings (SSSR count). The number of aromatic nitrogens is 4. The summed E-state index contributed by atoms with van der Waals surface area (Å²) in [6.07, 6.45) is 0. The number of benzene rings is 2. The normalized spacial score (nSPS) is 11.4. The van der Waals surface area contributed by atoms with Gasteiger partial charge in [0.05, 0.1) is 11.0 Å². The molecule has 2 aromatic heterocycles. The van der Waals surface area contributed by atoms with Crippen molar-refractivity contribution in [2.75, 3.05) is 0 Å².